The van der Waals surface area contributed by atoms with Crippen LogP contribution in [-0.2, 0) is 0 Å². The molecule has 0 aliphatic carbocycles. The highest BCUT2D eigenvalue weighted by Gasteiger charge is 1.73. The third kappa shape index (κ3) is 19.7. The fourth-order valence-corrected chi connectivity index (χ4v) is 1.41. The van der Waals surface area contributed by atoms with Gasteiger partial charge in [0.2, 0.25) is 0 Å². The number of hydrogen-bond donors (Lipinski definition) is 0. The monoisotopic (exact) mass is 306 g/mol. The molecule has 0 atom stereocenters. The molecular formula is C23H30. The Morgan fingerprint density at radius 2 is 0.870 bits per heavy atom. The van der Waals surface area contributed by atoms with Gasteiger partial charge in [0, 0.05) is 0 Å². The highest BCUT2D eigenvalue weighted by atomic mass is 13.8. The summed E-state index contributed by atoms with van der Waals surface area (Å²) in [6, 6.07) is 0. The van der Waals surface area contributed by atoms with Gasteiger partial charge in [-0.1, -0.05) is 108 Å². The van der Waals surface area contributed by atoms with Crippen LogP contribution in [0.25, 0.3) is 0 Å². The van der Waals surface area contributed by atoms with Crippen LogP contribution in [0.1, 0.15) is 34.1 Å². The zero-order chi connectivity index (χ0) is 17.2. The highest BCUT2D eigenvalue weighted by Crippen LogP contribution is 1.94. The summed E-state index contributed by atoms with van der Waals surface area (Å²) in [7, 11) is 0. The van der Waals surface area contributed by atoms with Crippen molar-refractivity contribution in [1.29, 1.82) is 0 Å². The van der Waals surface area contributed by atoms with Crippen LogP contribution >= 0.6 is 0 Å². The molecule has 0 bridgehead atoms. The molecular weight excluding hydrogens is 276 g/mol. The van der Waals surface area contributed by atoms with Crippen LogP contribution in [0, 0.1) is 0 Å². The Labute approximate surface area is 143 Å². The molecule has 0 heterocycles. The summed E-state index contributed by atoms with van der Waals surface area (Å²) in [5, 5.41) is 0. The largest absolute Gasteiger partial charge is 0.0821 e. The molecule has 122 valence electrons. The Kier molecular flexibility index (Phi) is 14.4. The standard InChI is InChI=1S/C23H30/c1-22(2)20-18-16-14-12-10-8-6-5-7-9-11-13-15-17-19-21-23(3)4/h5-18,20-21H,19H2,1-4H3. The minimum Gasteiger partial charge on any atom is -0.0821 e. The Hall–Kier alpha value is -2.34. The predicted octanol–water partition coefficient (Wildman–Crippen LogP) is 7.20. The van der Waals surface area contributed by atoms with E-state index in [9.17, 15) is 0 Å². The summed E-state index contributed by atoms with van der Waals surface area (Å²) in [6.07, 6.45) is 33.8. The summed E-state index contributed by atoms with van der Waals surface area (Å²) in [5.41, 5.74) is 2.66. The molecule has 0 aromatic heterocycles. The van der Waals surface area contributed by atoms with E-state index >= 15 is 0 Å². The fraction of sp³-hybridized carbons (Fsp3) is 0.217. The first-order valence-corrected chi connectivity index (χ1v) is 8.06. The van der Waals surface area contributed by atoms with E-state index in [2.05, 4.69) is 52.0 Å². The van der Waals surface area contributed by atoms with E-state index in [0.29, 0.717) is 0 Å². The molecule has 0 aromatic carbocycles. The first kappa shape index (κ1) is 20.7. The lowest BCUT2D eigenvalue weighted by Crippen LogP contribution is -1.62. The topological polar surface area (TPSA) is 0 Å². The van der Waals surface area contributed by atoms with Crippen LogP contribution in [0.4, 0.5) is 0 Å². The third-order valence-electron chi connectivity index (χ3n) is 2.56. The van der Waals surface area contributed by atoms with Gasteiger partial charge in [0.1, 0.15) is 0 Å². The molecule has 0 aliphatic heterocycles. The molecule has 0 fully saturated rings. The quantitative estimate of drug-likeness (QED) is 0.312. The maximum Gasteiger partial charge on any atom is -0.0164 e. The van der Waals surface area contributed by atoms with Crippen molar-refractivity contribution in [3.63, 3.8) is 0 Å². The first-order chi connectivity index (χ1) is 11.1. The van der Waals surface area contributed by atoms with Gasteiger partial charge in [-0.15, -0.1) is 0 Å². The Balaban J connectivity index is 3.90. The molecule has 0 unspecified atom stereocenters. The summed E-state index contributed by atoms with van der Waals surface area (Å²) in [6.45, 7) is 8.40. The van der Waals surface area contributed by atoms with Gasteiger partial charge in [-0.25, -0.2) is 0 Å². The molecule has 0 N–H and O–H groups in total. The maximum atomic E-state index is 2.21. The van der Waals surface area contributed by atoms with E-state index in [4.69, 9.17) is 0 Å². The van der Waals surface area contributed by atoms with E-state index in [1.54, 1.807) is 0 Å². The molecule has 0 amide bonds. The lowest BCUT2D eigenvalue weighted by Gasteiger charge is -1.84. The first-order valence-electron chi connectivity index (χ1n) is 8.06. The van der Waals surface area contributed by atoms with Crippen LogP contribution < -0.4 is 0 Å². The molecule has 0 saturated carbocycles. The van der Waals surface area contributed by atoms with Crippen molar-refractivity contribution in [2.75, 3.05) is 0 Å². The maximum absolute atomic E-state index is 2.21. The third-order valence-corrected chi connectivity index (χ3v) is 2.56. The van der Waals surface area contributed by atoms with Gasteiger partial charge in [-0.05, 0) is 34.1 Å². The van der Waals surface area contributed by atoms with Crippen molar-refractivity contribution in [1.82, 2.24) is 0 Å². The Morgan fingerprint density at radius 1 is 0.478 bits per heavy atom. The van der Waals surface area contributed by atoms with Crippen molar-refractivity contribution in [2.24, 2.45) is 0 Å². The second-order valence-corrected chi connectivity index (χ2v) is 5.50. The van der Waals surface area contributed by atoms with Crippen LogP contribution in [-0.4, -0.2) is 0 Å². The molecule has 0 nitrogen and oxygen atoms in total. The normalized spacial score (nSPS) is 13.0. The predicted molar refractivity (Wildman–Crippen MR) is 107 cm³/mol. The van der Waals surface area contributed by atoms with Gasteiger partial charge in [0.25, 0.3) is 0 Å². The van der Waals surface area contributed by atoms with Crippen molar-refractivity contribution in [2.45, 2.75) is 34.1 Å². The van der Waals surface area contributed by atoms with Gasteiger partial charge in [0.05, 0.1) is 0 Å². The van der Waals surface area contributed by atoms with Gasteiger partial charge in [0.15, 0.2) is 0 Å². The summed E-state index contributed by atoms with van der Waals surface area (Å²) in [4.78, 5) is 0. The SMILES string of the molecule is CC(C)=CC=CC=CC=CC=CC=CC=CC=CCC=C(C)C. The minimum absolute atomic E-state index is 0.998. The number of rotatable bonds is 9. The molecule has 0 aliphatic rings. The zero-order valence-electron chi connectivity index (χ0n) is 14.9. The molecule has 0 spiro atoms. The zero-order valence-corrected chi connectivity index (χ0v) is 14.9. The number of allylic oxidation sites excluding steroid dienone is 18. The van der Waals surface area contributed by atoms with Crippen molar-refractivity contribution >= 4 is 0 Å². The minimum atomic E-state index is 0.998. The Bertz CT molecular complexity index is 545. The van der Waals surface area contributed by atoms with Gasteiger partial charge >= 0.3 is 0 Å². The number of hydrogen-bond acceptors (Lipinski definition) is 0. The van der Waals surface area contributed by atoms with Crippen molar-refractivity contribution in [3.05, 3.63) is 108 Å². The van der Waals surface area contributed by atoms with Gasteiger partial charge < -0.3 is 0 Å². The molecule has 0 saturated heterocycles. The molecule has 0 heteroatoms. The second-order valence-electron chi connectivity index (χ2n) is 5.50. The van der Waals surface area contributed by atoms with E-state index in [1.807, 2.05) is 72.9 Å². The van der Waals surface area contributed by atoms with E-state index < -0.39 is 0 Å². The Morgan fingerprint density at radius 3 is 1.26 bits per heavy atom. The van der Waals surface area contributed by atoms with Crippen LogP contribution in [0.5, 0.6) is 0 Å². The van der Waals surface area contributed by atoms with Gasteiger partial charge in [-0.3, -0.25) is 0 Å². The van der Waals surface area contributed by atoms with Gasteiger partial charge in [-0.2, -0.15) is 0 Å². The summed E-state index contributed by atoms with van der Waals surface area (Å²) < 4.78 is 0. The van der Waals surface area contributed by atoms with E-state index in [1.165, 1.54) is 11.1 Å². The molecule has 0 aromatic rings. The molecule has 0 radical (unpaired) electrons. The van der Waals surface area contributed by atoms with Crippen LogP contribution in [0.3, 0.4) is 0 Å². The highest BCUT2D eigenvalue weighted by molar-refractivity contribution is 5.21. The molecule has 0 rings (SSSR count). The average molecular weight is 306 g/mol. The van der Waals surface area contributed by atoms with Crippen LogP contribution in [0.15, 0.2) is 108 Å². The lowest BCUT2D eigenvalue weighted by atomic mass is 10.2. The average Bonchev–Trinajstić information content (AvgIpc) is 2.49. The lowest BCUT2D eigenvalue weighted by molar-refractivity contribution is 1.28. The smallest absolute Gasteiger partial charge is 0.0164 e. The van der Waals surface area contributed by atoms with Crippen LogP contribution in [0.2, 0.25) is 0 Å². The van der Waals surface area contributed by atoms with E-state index in [0.717, 1.165) is 6.42 Å². The fourth-order valence-electron chi connectivity index (χ4n) is 1.41. The second kappa shape index (κ2) is 16.0. The molecule has 23 heavy (non-hydrogen) atoms. The van der Waals surface area contributed by atoms with Crippen molar-refractivity contribution in [3.8, 4) is 0 Å². The van der Waals surface area contributed by atoms with Crippen molar-refractivity contribution < 1.29 is 0 Å². The van der Waals surface area contributed by atoms with E-state index in [-0.39, 0.29) is 0 Å². The summed E-state index contributed by atoms with van der Waals surface area (Å²) in [5.74, 6) is 0. The summed E-state index contributed by atoms with van der Waals surface area (Å²) >= 11 is 0.